The number of aliphatic hydroxyl groups is 2. The minimum absolute atomic E-state index is 0.0592. The van der Waals surface area contributed by atoms with Crippen LogP contribution in [0.15, 0.2) is 60.8 Å². The molecule has 0 radical (unpaired) electrons. The lowest BCUT2D eigenvalue weighted by Gasteiger charge is -2.40. The third-order valence-electron chi connectivity index (χ3n) is 14.6. The first-order chi connectivity index (χ1) is 38.6. The van der Waals surface area contributed by atoms with Gasteiger partial charge in [0, 0.05) is 19.3 Å². The molecule has 0 aliphatic carbocycles. The standard InChI is InChI=1S/C67H116O12/c1-4-7-10-13-16-19-22-25-27-29-30-32-34-37-40-43-46-49-52-55-61(70)78-65-63(72)62(71)64(66(73)74)79-67(65)76-57-58(77-60(69)54-51-48-45-42-39-35-24-21-18-15-12-9-6-3)56-75-59(68)53-50-47-44-41-38-36-33-31-28-26-23-20-17-14-11-8-5-2/h8,11,17,20,26,28,33,36,41,44,58,62-65,67,71-72H,4-7,9-10,12-16,18-19,21-25,27,29-32,34-35,37-40,42-43,45-57H2,1-3H3,(H,73,74)/b11-8-,20-17-,28-26-,36-33-,44-41-. The van der Waals surface area contributed by atoms with Crippen molar-refractivity contribution in [2.24, 2.45) is 0 Å². The Bertz CT molecular complexity index is 1600. The van der Waals surface area contributed by atoms with Gasteiger partial charge in [-0.3, -0.25) is 14.4 Å². The zero-order valence-corrected chi connectivity index (χ0v) is 50.4. The van der Waals surface area contributed by atoms with Gasteiger partial charge in [-0.05, 0) is 57.8 Å². The molecule has 12 nitrogen and oxygen atoms in total. The summed E-state index contributed by atoms with van der Waals surface area (Å²) in [5, 5.41) is 31.6. The topological polar surface area (TPSA) is 175 Å². The molecule has 0 amide bonds. The Morgan fingerprint density at radius 3 is 1.20 bits per heavy atom. The van der Waals surface area contributed by atoms with Crippen LogP contribution in [0.4, 0.5) is 0 Å². The number of hydrogen-bond acceptors (Lipinski definition) is 11. The summed E-state index contributed by atoms with van der Waals surface area (Å²) in [6.45, 7) is 5.87. The molecule has 79 heavy (non-hydrogen) atoms. The highest BCUT2D eigenvalue weighted by molar-refractivity contribution is 5.74. The van der Waals surface area contributed by atoms with Crippen LogP contribution in [-0.2, 0) is 42.9 Å². The molecule has 0 aromatic rings. The van der Waals surface area contributed by atoms with E-state index in [9.17, 15) is 34.5 Å². The van der Waals surface area contributed by atoms with E-state index < -0.39 is 67.3 Å². The van der Waals surface area contributed by atoms with Crippen LogP contribution < -0.4 is 0 Å². The Morgan fingerprint density at radius 1 is 0.430 bits per heavy atom. The van der Waals surface area contributed by atoms with E-state index in [-0.39, 0.29) is 25.9 Å². The first kappa shape index (κ1) is 73.4. The lowest BCUT2D eigenvalue weighted by molar-refractivity contribution is -0.301. The fourth-order valence-electron chi connectivity index (χ4n) is 9.70. The van der Waals surface area contributed by atoms with Crippen LogP contribution in [0.1, 0.15) is 290 Å². The van der Waals surface area contributed by atoms with E-state index in [2.05, 4.69) is 75.5 Å². The maximum atomic E-state index is 13.2. The summed E-state index contributed by atoms with van der Waals surface area (Å²) >= 11 is 0. The number of carbonyl (C=O) groups excluding carboxylic acids is 3. The number of unbranched alkanes of at least 4 members (excludes halogenated alkanes) is 31. The average Bonchev–Trinajstić information content (AvgIpc) is 3.47. The maximum Gasteiger partial charge on any atom is 0.335 e. The van der Waals surface area contributed by atoms with Crippen molar-refractivity contribution in [3.8, 4) is 0 Å². The Hall–Kier alpha value is -3.58. The van der Waals surface area contributed by atoms with Crippen molar-refractivity contribution < 1.29 is 58.2 Å². The molecule has 1 aliphatic rings. The number of carboxylic acid groups (broad SMARTS) is 1. The van der Waals surface area contributed by atoms with E-state index in [4.69, 9.17) is 23.7 Å². The molecule has 6 unspecified atom stereocenters. The van der Waals surface area contributed by atoms with E-state index in [0.717, 1.165) is 77.0 Å². The monoisotopic (exact) mass is 1110 g/mol. The van der Waals surface area contributed by atoms with Crippen LogP contribution in [0.2, 0.25) is 0 Å². The van der Waals surface area contributed by atoms with Crippen molar-refractivity contribution in [2.45, 2.75) is 327 Å². The van der Waals surface area contributed by atoms with Gasteiger partial charge in [0.15, 0.2) is 24.6 Å². The van der Waals surface area contributed by atoms with Crippen molar-refractivity contribution in [1.29, 1.82) is 0 Å². The molecule has 1 saturated heterocycles. The minimum atomic E-state index is -1.91. The second kappa shape index (κ2) is 55.0. The van der Waals surface area contributed by atoms with Crippen LogP contribution >= 0.6 is 0 Å². The Morgan fingerprint density at radius 2 is 0.797 bits per heavy atom. The van der Waals surface area contributed by atoms with Crippen molar-refractivity contribution in [3.63, 3.8) is 0 Å². The first-order valence-corrected chi connectivity index (χ1v) is 32.3. The highest BCUT2D eigenvalue weighted by Gasteiger charge is 2.50. The normalized spacial score (nSPS) is 18.2. The molecular weight excluding hydrogens is 997 g/mol. The predicted molar refractivity (Wildman–Crippen MR) is 322 cm³/mol. The molecule has 6 atom stereocenters. The second-order valence-corrected chi connectivity index (χ2v) is 22.0. The molecule has 0 aromatic carbocycles. The van der Waals surface area contributed by atoms with E-state index >= 15 is 0 Å². The molecule has 1 aliphatic heterocycles. The summed E-state index contributed by atoms with van der Waals surface area (Å²) in [6, 6.07) is 0. The van der Waals surface area contributed by atoms with E-state index in [1.165, 1.54) is 148 Å². The second-order valence-electron chi connectivity index (χ2n) is 22.0. The number of allylic oxidation sites excluding steroid dienone is 10. The van der Waals surface area contributed by atoms with Gasteiger partial charge in [0.25, 0.3) is 0 Å². The molecule has 1 rings (SSSR count). The Balaban J connectivity index is 2.66. The smallest absolute Gasteiger partial charge is 0.335 e. The molecule has 0 bridgehead atoms. The van der Waals surface area contributed by atoms with Gasteiger partial charge in [0.2, 0.25) is 0 Å². The fraction of sp³-hybridized carbons (Fsp3) is 0.791. The number of ether oxygens (including phenoxy) is 5. The SMILES string of the molecule is CC/C=C\C/C=C\C/C=C\C/C=C\C/C=C\CCCC(=O)OCC(COC1OC(C(=O)O)C(O)C(O)C1OC(=O)CCCCCCCCCCCCCCCCCCCCC)OC(=O)CCCCCCCCCCCCCCC. The van der Waals surface area contributed by atoms with Gasteiger partial charge in [-0.25, -0.2) is 4.79 Å². The van der Waals surface area contributed by atoms with E-state index in [1.807, 2.05) is 6.08 Å². The number of aliphatic carboxylic acids is 1. The Kier molecular flexibility index (Phi) is 51.1. The highest BCUT2D eigenvalue weighted by Crippen LogP contribution is 2.27. The van der Waals surface area contributed by atoms with Crippen molar-refractivity contribution in [1.82, 2.24) is 0 Å². The molecule has 456 valence electrons. The number of esters is 3. The molecule has 1 heterocycles. The lowest BCUT2D eigenvalue weighted by Crippen LogP contribution is -2.61. The lowest BCUT2D eigenvalue weighted by atomic mass is 9.98. The number of carbonyl (C=O) groups is 4. The molecule has 1 fully saturated rings. The van der Waals surface area contributed by atoms with Crippen LogP contribution in [0, 0.1) is 0 Å². The van der Waals surface area contributed by atoms with Gasteiger partial charge in [0.05, 0.1) is 6.61 Å². The molecule has 0 saturated carbocycles. The van der Waals surface area contributed by atoms with Gasteiger partial charge >= 0.3 is 23.9 Å². The van der Waals surface area contributed by atoms with Gasteiger partial charge in [-0.1, -0.05) is 274 Å². The van der Waals surface area contributed by atoms with Crippen LogP contribution in [0.25, 0.3) is 0 Å². The van der Waals surface area contributed by atoms with Crippen molar-refractivity contribution >= 4 is 23.9 Å². The third kappa shape index (κ3) is 44.7. The van der Waals surface area contributed by atoms with Crippen molar-refractivity contribution in [2.75, 3.05) is 13.2 Å². The van der Waals surface area contributed by atoms with Gasteiger partial charge in [-0.15, -0.1) is 0 Å². The van der Waals surface area contributed by atoms with Crippen molar-refractivity contribution in [3.05, 3.63) is 60.8 Å². The fourth-order valence-corrected chi connectivity index (χ4v) is 9.70. The number of carboxylic acids is 1. The Labute approximate surface area is 481 Å². The van der Waals surface area contributed by atoms with E-state index in [0.29, 0.717) is 25.7 Å². The summed E-state index contributed by atoms with van der Waals surface area (Å²) in [6.07, 6.45) is 56.2. The largest absolute Gasteiger partial charge is 0.479 e. The molecule has 12 heteroatoms. The third-order valence-corrected chi connectivity index (χ3v) is 14.6. The van der Waals surface area contributed by atoms with E-state index in [1.54, 1.807) is 0 Å². The molecule has 0 spiro atoms. The van der Waals surface area contributed by atoms with Gasteiger partial charge < -0.3 is 39.0 Å². The molecule has 3 N–H and O–H groups in total. The zero-order chi connectivity index (χ0) is 57.5. The predicted octanol–water partition coefficient (Wildman–Crippen LogP) is 17.1. The number of hydrogen-bond donors (Lipinski definition) is 3. The average molecular weight is 1110 g/mol. The quantitative estimate of drug-likeness (QED) is 0.0228. The highest BCUT2D eigenvalue weighted by atomic mass is 16.7. The molecular formula is C67H116O12. The number of aliphatic hydroxyl groups excluding tert-OH is 2. The summed E-state index contributed by atoms with van der Waals surface area (Å²) in [5.74, 6) is -3.17. The van der Waals surface area contributed by atoms with Gasteiger partial charge in [-0.2, -0.15) is 0 Å². The number of rotatable bonds is 55. The van der Waals surface area contributed by atoms with Crippen LogP contribution in [0.3, 0.4) is 0 Å². The minimum Gasteiger partial charge on any atom is -0.479 e. The molecule has 0 aromatic heterocycles. The summed E-state index contributed by atoms with van der Waals surface area (Å²) in [5.41, 5.74) is 0. The zero-order valence-electron chi connectivity index (χ0n) is 50.4. The van der Waals surface area contributed by atoms with Crippen LogP contribution in [-0.4, -0.2) is 89.2 Å². The summed E-state index contributed by atoms with van der Waals surface area (Å²) < 4.78 is 28.5. The summed E-state index contributed by atoms with van der Waals surface area (Å²) in [4.78, 5) is 51.2. The maximum absolute atomic E-state index is 13.2. The first-order valence-electron chi connectivity index (χ1n) is 32.3. The summed E-state index contributed by atoms with van der Waals surface area (Å²) in [7, 11) is 0. The van der Waals surface area contributed by atoms with Crippen LogP contribution in [0.5, 0.6) is 0 Å². The van der Waals surface area contributed by atoms with Gasteiger partial charge in [0.1, 0.15) is 18.8 Å².